The summed E-state index contributed by atoms with van der Waals surface area (Å²) in [5, 5.41) is 8.86. The molecular weight excluding hydrogens is 716 g/mol. The molecule has 8 rings (SSSR count). The lowest BCUT2D eigenvalue weighted by Gasteiger charge is -2.70. The third-order valence-corrected chi connectivity index (χ3v) is 18.4. The Morgan fingerprint density at radius 3 is 2.39 bits per heavy atom. The Balaban J connectivity index is 1.09. The second-order valence-corrected chi connectivity index (χ2v) is 22.4. The van der Waals surface area contributed by atoms with Gasteiger partial charge in [0.15, 0.2) is 0 Å². The first-order valence-electron chi connectivity index (χ1n) is 20.8. The van der Waals surface area contributed by atoms with Crippen LogP contribution in [-0.2, 0) is 31.4 Å². The predicted octanol–water partition coefficient (Wildman–Crippen LogP) is 8.43. The monoisotopic (exact) mass is 778 g/mol. The average molecular weight is 780 g/mol. The van der Waals surface area contributed by atoms with E-state index < -0.39 is 10.0 Å². The van der Waals surface area contributed by atoms with Crippen molar-refractivity contribution in [1.29, 1.82) is 0 Å². The Morgan fingerprint density at radius 2 is 1.67 bits per heavy atom. The van der Waals surface area contributed by atoms with Gasteiger partial charge in [-0.1, -0.05) is 71.7 Å². The molecule has 0 bridgehead atoms. The summed E-state index contributed by atoms with van der Waals surface area (Å²) in [5.74, 6) is 1.35. The average Bonchev–Trinajstić information content (AvgIpc) is 3.56. The first-order valence-corrected chi connectivity index (χ1v) is 22.6. The van der Waals surface area contributed by atoms with Gasteiger partial charge >= 0.3 is 0 Å². The molecule has 0 spiro atoms. The molecule has 5 aliphatic carbocycles. The number of hydrogen-bond donors (Lipinski definition) is 1. The predicted molar refractivity (Wildman–Crippen MR) is 214 cm³/mol. The number of carbonyl (C=O) groups is 1. The number of nitrogens with one attached hydrogen (secondary N) is 1. The third kappa shape index (κ3) is 5.82. The summed E-state index contributed by atoms with van der Waals surface area (Å²) in [6.07, 6.45) is 14.6. The molecule has 4 fully saturated rings. The number of halogens is 1. The van der Waals surface area contributed by atoms with Crippen LogP contribution in [0.4, 0.5) is 0 Å². The third-order valence-electron chi connectivity index (χ3n) is 16.6. The Labute approximate surface area is 329 Å². The van der Waals surface area contributed by atoms with Crippen molar-refractivity contribution >= 4 is 27.5 Å². The molecule has 54 heavy (non-hydrogen) atoms. The van der Waals surface area contributed by atoms with Gasteiger partial charge in [0.05, 0.1) is 29.2 Å². The van der Waals surface area contributed by atoms with E-state index in [2.05, 4.69) is 64.8 Å². The van der Waals surface area contributed by atoms with Gasteiger partial charge in [-0.2, -0.15) is 17.6 Å². The Bertz CT molecular complexity index is 1930. The van der Waals surface area contributed by atoms with Crippen LogP contribution in [0, 0.1) is 44.8 Å². The number of fused-ring (bicyclic) bond motifs is 8. The van der Waals surface area contributed by atoms with Crippen molar-refractivity contribution in [2.75, 3.05) is 39.4 Å². The van der Waals surface area contributed by atoms with E-state index in [1.807, 2.05) is 0 Å². The highest BCUT2D eigenvalue weighted by atomic mass is 35.5. The maximum Gasteiger partial charge on any atom is 0.282 e. The van der Waals surface area contributed by atoms with E-state index in [0.29, 0.717) is 22.8 Å². The van der Waals surface area contributed by atoms with E-state index in [0.717, 1.165) is 115 Å². The molecule has 0 unspecified atom stereocenters. The zero-order valence-corrected chi connectivity index (χ0v) is 35.3. The van der Waals surface area contributed by atoms with Crippen molar-refractivity contribution < 1.29 is 17.9 Å². The number of nitrogens with zero attached hydrogens (tertiary/aromatic N) is 3. The van der Waals surface area contributed by atoms with E-state index in [1.165, 1.54) is 4.09 Å². The van der Waals surface area contributed by atoms with Crippen molar-refractivity contribution in [3.05, 3.63) is 58.4 Å². The molecule has 1 aliphatic heterocycles. The van der Waals surface area contributed by atoms with Gasteiger partial charge < -0.3 is 10.1 Å². The van der Waals surface area contributed by atoms with Gasteiger partial charge in [0.25, 0.3) is 10.0 Å². The molecule has 7 atom stereocenters. The van der Waals surface area contributed by atoms with Crippen LogP contribution in [0.1, 0.15) is 118 Å². The highest BCUT2D eigenvalue weighted by molar-refractivity contribution is 7.89. The van der Waals surface area contributed by atoms with Crippen LogP contribution in [0.5, 0.6) is 0 Å². The van der Waals surface area contributed by atoms with Crippen LogP contribution >= 0.6 is 11.6 Å². The molecule has 0 radical (unpaired) electrons. The maximum absolute atomic E-state index is 14.5. The summed E-state index contributed by atoms with van der Waals surface area (Å²) in [6, 6.07) is 6.36. The molecule has 1 N–H and O–H groups in total. The zero-order chi connectivity index (χ0) is 38.5. The minimum Gasteiger partial charge on any atom is -0.379 e. The quantitative estimate of drug-likeness (QED) is 0.224. The molecule has 10 heteroatoms. The van der Waals surface area contributed by atoms with Crippen molar-refractivity contribution in [3.8, 4) is 0 Å². The number of ether oxygens (including phenoxy) is 1. The van der Waals surface area contributed by atoms with Crippen molar-refractivity contribution in [1.82, 2.24) is 19.4 Å². The SMILES string of the molecule is CC1(C)CC[C@]2(C(=O)NCCCN3CCOCC3)CC[C@]3(C)C(=CC[C@@H]4[C@@]5(C)Cc6cn(S(=O)(=O)c7ccc(Cl)cc7)nc6C(C)(C)[C@@H]5CC[C@]43C)[C@@H]2C1. The summed E-state index contributed by atoms with van der Waals surface area (Å²) in [5.41, 5.74) is 3.14. The number of aromatic nitrogens is 2. The van der Waals surface area contributed by atoms with Gasteiger partial charge in [0, 0.05) is 36.3 Å². The lowest BCUT2D eigenvalue weighted by atomic mass is 9.33. The molecule has 1 amide bonds. The van der Waals surface area contributed by atoms with Crippen LogP contribution in [0.25, 0.3) is 0 Å². The van der Waals surface area contributed by atoms with Gasteiger partial charge in [0.2, 0.25) is 5.91 Å². The van der Waals surface area contributed by atoms with E-state index in [1.54, 1.807) is 36.0 Å². The van der Waals surface area contributed by atoms with Gasteiger partial charge in [-0.15, -0.1) is 0 Å². The number of carbonyl (C=O) groups excluding carboxylic acids is 1. The second kappa shape index (κ2) is 13.2. The number of rotatable bonds is 7. The topological polar surface area (TPSA) is 93.5 Å². The largest absolute Gasteiger partial charge is 0.379 e. The zero-order valence-electron chi connectivity index (χ0n) is 33.8. The molecule has 1 aromatic carbocycles. The highest BCUT2D eigenvalue weighted by Crippen LogP contribution is 2.75. The van der Waals surface area contributed by atoms with Crippen LogP contribution in [-0.4, -0.2) is 67.8 Å². The summed E-state index contributed by atoms with van der Waals surface area (Å²) in [6.45, 7) is 22.4. The summed E-state index contributed by atoms with van der Waals surface area (Å²) in [7, 11) is -3.86. The molecule has 1 aromatic heterocycles. The minimum absolute atomic E-state index is 0.00534. The van der Waals surface area contributed by atoms with Gasteiger partial charge in [-0.3, -0.25) is 9.69 Å². The van der Waals surface area contributed by atoms with E-state index in [9.17, 15) is 13.2 Å². The molecular formula is C44H63ClN4O4S. The molecule has 2 aromatic rings. The summed E-state index contributed by atoms with van der Waals surface area (Å²) >= 11 is 6.10. The van der Waals surface area contributed by atoms with Gasteiger partial charge in [-0.25, -0.2) is 0 Å². The van der Waals surface area contributed by atoms with Crippen LogP contribution < -0.4 is 5.32 Å². The van der Waals surface area contributed by atoms with E-state index in [4.69, 9.17) is 21.4 Å². The lowest BCUT2D eigenvalue weighted by Crippen LogP contribution is -2.65. The first-order chi connectivity index (χ1) is 25.4. The van der Waals surface area contributed by atoms with E-state index >= 15 is 0 Å². The van der Waals surface area contributed by atoms with Gasteiger partial charge in [-0.05, 0) is 140 Å². The number of amides is 1. The molecule has 3 saturated carbocycles. The number of benzene rings is 1. The van der Waals surface area contributed by atoms with Crippen LogP contribution in [0.2, 0.25) is 5.02 Å². The molecule has 296 valence electrons. The summed E-state index contributed by atoms with van der Waals surface area (Å²) in [4.78, 5) is 17.2. The first kappa shape index (κ1) is 38.7. The Morgan fingerprint density at radius 1 is 0.963 bits per heavy atom. The fraction of sp³-hybridized carbons (Fsp3) is 0.727. The molecule has 2 heterocycles. The molecule has 6 aliphatic rings. The lowest BCUT2D eigenvalue weighted by molar-refractivity contribution is -0.167. The molecule has 1 saturated heterocycles. The van der Waals surface area contributed by atoms with Crippen molar-refractivity contribution in [2.45, 2.75) is 123 Å². The Hall–Kier alpha value is -2.20. The molecule has 8 nitrogen and oxygen atoms in total. The Kier molecular flexibility index (Phi) is 9.43. The number of morpholine rings is 1. The fourth-order valence-electron chi connectivity index (χ4n) is 13.4. The maximum atomic E-state index is 14.5. The standard InChI is InChI=1S/C44H63ClN4O4S/c1-39(2)17-19-44(38(50)46-21-8-22-48-23-25-53-26-24-48)20-18-42(6)33(34(44)28-39)13-14-36-41(5)27-30-29-49(54(51,52)32-11-9-31(45)10-12-32)47-37(30)40(3,4)35(41)15-16-43(36,42)7/h9-13,29,34-36H,8,14-28H2,1-7H3,(H,46,50)/t34-,35-,36+,41-,42+,43+,44-/m0/s1. The van der Waals surface area contributed by atoms with Gasteiger partial charge in [0.1, 0.15) is 0 Å². The van der Waals surface area contributed by atoms with Crippen LogP contribution in [0.3, 0.4) is 0 Å². The smallest absolute Gasteiger partial charge is 0.282 e. The van der Waals surface area contributed by atoms with Crippen LogP contribution in [0.15, 0.2) is 47.0 Å². The fourth-order valence-corrected chi connectivity index (χ4v) is 14.7. The number of hydrogen-bond acceptors (Lipinski definition) is 6. The minimum atomic E-state index is -3.86. The normalized spacial score (nSPS) is 37.1. The number of allylic oxidation sites excluding steroid dienone is 2. The van der Waals surface area contributed by atoms with Crippen molar-refractivity contribution in [3.63, 3.8) is 0 Å². The highest BCUT2D eigenvalue weighted by Gasteiger charge is 2.69. The van der Waals surface area contributed by atoms with Crippen molar-refractivity contribution in [2.24, 2.45) is 44.8 Å². The van der Waals surface area contributed by atoms with E-state index in [-0.39, 0.29) is 43.3 Å². The second-order valence-electron chi connectivity index (χ2n) is 20.2. The summed E-state index contributed by atoms with van der Waals surface area (Å²) < 4.78 is 34.4.